The van der Waals surface area contributed by atoms with E-state index in [4.69, 9.17) is 0 Å². The van der Waals surface area contributed by atoms with Crippen molar-refractivity contribution in [2.24, 2.45) is 0 Å². The van der Waals surface area contributed by atoms with E-state index in [2.05, 4.69) is 39.5 Å². The molecule has 0 aromatic carbocycles. The van der Waals surface area contributed by atoms with Crippen molar-refractivity contribution >= 4 is 0 Å². The molecular weight excluding hydrogens is 434 g/mol. The predicted octanol–water partition coefficient (Wildman–Crippen LogP) is 12.7. The van der Waals surface area contributed by atoms with Crippen LogP contribution in [0, 0.1) is 0 Å². The highest BCUT2D eigenvalue weighted by Crippen LogP contribution is 2.25. The largest absolute Gasteiger partial charge is 0.298 e. The third kappa shape index (κ3) is 24.3. The molecule has 218 valence electrons. The molecule has 0 rings (SSSR count). The molecule has 0 saturated carbocycles. The summed E-state index contributed by atoms with van der Waals surface area (Å²) in [5, 5.41) is 0. The zero-order valence-corrected chi connectivity index (χ0v) is 26.5. The molecule has 0 atom stereocenters. The molecule has 0 unspecified atom stereocenters. The highest BCUT2D eigenvalue weighted by Gasteiger charge is 2.25. The lowest BCUT2D eigenvalue weighted by atomic mass is 9.92. The van der Waals surface area contributed by atoms with Crippen molar-refractivity contribution in [3.05, 3.63) is 0 Å². The van der Waals surface area contributed by atoms with Crippen LogP contribution in [-0.2, 0) is 0 Å². The topological polar surface area (TPSA) is 3.24 Å². The van der Waals surface area contributed by atoms with Crippen LogP contribution in [0.3, 0.4) is 0 Å². The second kappa shape index (κ2) is 28.0. The maximum absolute atomic E-state index is 2.89. The molecule has 0 radical (unpaired) electrons. The van der Waals surface area contributed by atoms with Gasteiger partial charge in [-0.2, -0.15) is 0 Å². The standard InChI is InChI=1S/C35H73N/c1-6-9-12-15-18-19-20-21-22-23-26-29-32-35(4,5)36(33-30-27-24-16-13-10-7-2)34-31-28-25-17-14-11-8-3/h6-34H2,1-5H3. The predicted molar refractivity (Wildman–Crippen MR) is 167 cm³/mol. The van der Waals surface area contributed by atoms with Gasteiger partial charge in [0, 0.05) is 5.54 Å². The van der Waals surface area contributed by atoms with Crippen molar-refractivity contribution in [3.63, 3.8) is 0 Å². The summed E-state index contributed by atoms with van der Waals surface area (Å²) < 4.78 is 0. The first-order chi connectivity index (χ1) is 17.6. The molecule has 0 saturated heterocycles. The smallest absolute Gasteiger partial charge is 0.0153 e. The highest BCUT2D eigenvalue weighted by atomic mass is 15.2. The molecule has 0 fully saturated rings. The molecule has 0 aliphatic carbocycles. The molecule has 0 amide bonds. The summed E-state index contributed by atoms with van der Waals surface area (Å²) in [6, 6.07) is 0. The van der Waals surface area contributed by atoms with Crippen LogP contribution in [0.1, 0.15) is 208 Å². The Bertz CT molecular complexity index is 383. The summed E-state index contributed by atoms with van der Waals surface area (Å²) in [6.45, 7) is 14.7. The normalized spacial score (nSPS) is 12.2. The molecule has 0 aliphatic rings. The zero-order chi connectivity index (χ0) is 26.6. The third-order valence-electron chi connectivity index (χ3n) is 8.56. The van der Waals surface area contributed by atoms with Gasteiger partial charge in [-0.25, -0.2) is 0 Å². The molecule has 0 heterocycles. The monoisotopic (exact) mass is 508 g/mol. The Labute approximate surface area is 231 Å². The maximum atomic E-state index is 2.89. The Hall–Kier alpha value is -0.0400. The van der Waals surface area contributed by atoms with E-state index in [9.17, 15) is 0 Å². The number of hydrogen-bond acceptors (Lipinski definition) is 1. The maximum Gasteiger partial charge on any atom is 0.0153 e. The second-order valence-electron chi connectivity index (χ2n) is 12.7. The molecule has 0 aliphatic heterocycles. The second-order valence-corrected chi connectivity index (χ2v) is 12.7. The lowest BCUT2D eigenvalue weighted by molar-refractivity contribution is 0.102. The van der Waals surface area contributed by atoms with E-state index in [1.54, 1.807) is 0 Å². The summed E-state index contributed by atoms with van der Waals surface area (Å²) in [6.07, 6.45) is 38.8. The van der Waals surface area contributed by atoms with Crippen LogP contribution in [0.25, 0.3) is 0 Å². The summed E-state index contributed by atoms with van der Waals surface area (Å²) in [7, 11) is 0. The van der Waals surface area contributed by atoms with Crippen molar-refractivity contribution in [2.75, 3.05) is 13.1 Å². The van der Waals surface area contributed by atoms with Gasteiger partial charge >= 0.3 is 0 Å². The van der Waals surface area contributed by atoms with Crippen LogP contribution in [0.5, 0.6) is 0 Å². The van der Waals surface area contributed by atoms with Crippen LogP contribution in [0.15, 0.2) is 0 Å². The van der Waals surface area contributed by atoms with Crippen molar-refractivity contribution < 1.29 is 0 Å². The number of nitrogens with zero attached hydrogens (tertiary/aromatic N) is 1. The highest BCUT2D eigenvalue weighted by molar-refractivity contribution is 4.81. The van der Waals surface area contributed by atoms with Gasteiger partial charge in [-0.15, -0.1) is 0 Å². The minimum Gasteiger partial charge on any atom is -0.298 e. The van der Waals surface area contributed by atoms with Gasteiger partial charge < -0.3 is 0 Å². The van der Waals surface area contributed by atoms with Crippen LogP contribution in [0.4, 0.5) is 0 Å². The fraction of sp³-hybridized carbons (Fsp3) is 1.00. The minimum absolute atomic E-state index is 0.378. The first-order valence-electron chi connectivity index (χ1n) is 17.3. The number of rotatable bonds is 30. The van der Waals surface area contributed by atoms with E-state index in [-0.39, 0.29) is 0 Å². The van der Waals surface area contributed by atoms with Gasteiger partial charge in [0.1, 0.15) is 0 Å². The van der Waals surface area contributed by atoms with Gasteiger partial charge in [0.15, 0.2) is 0 Å². The average molecular weight is 508 g/mol. The van der Waals surface area contributed by atoms with E-state index >= 15 is 0 Å². The zero-order valence-electron chi connectivity index (χ0n) is 26.5. The summed E-state index contributed by atoms with van der Waals surface area (Å²) >= 11 is 0. The van der Waals surface area contributed by atoms with Gasteiger partial charge in [0.2, 0.25) is 0 Å². The summed E-state index contributed by atoms with van der Waals surface area (Å²) in [5.41, 5.74) is 0.378. The van der Waals surface area contributed by atoms with Crippen molar-refractivity contribution in [2.45, 2.75) is 214 Å². The molecule has 0 aromatic heterocycles. The van der Waals surface area contributed by atoms with Crippen LogP contribution >= 0.6 is 0 Å². The molecule has 0 N–H and O–H groups in total. The van der Waals surface area contributed by atoms with Crippen molar-refractivity contribution in [1.82, 2.24) is 4.90 Å². The number of unbranched alkanes of at least 4 members (excludes halogenated alkanes) is 23. The van der Waals surface area contributed by atoms with Crippen LogP contribution in [0.2, 0.25) is 0 Å². The summed E-state index contributed by atoms with van der Waals surface area (Å²) in [4.78, 5) is 2.89. The van der Waals surface area contributed by atoms with Crippen molar-refractivity contribution in [3.8, 4) is 0 Å². The average Bonchev–Trinajstić information content (AvgIpc) is 2.86. The third-order valence-corrected chi connectivity index (χ3v) is 8.56. The van der Waals surface area contributed by atoms with Crippen LogP contribution in [-0.4, -0.2) is 23.5 Å². The lowest BCUT2D eigenvalue weighted by Gasteiger charge is -2.39. The van der Waals surface area contributed by atoms with Crippen LogP contribution < -0.4 is 0 Å². The van der Waals surface area contributed by atoms with E-state index in [1.165, 1.54) is 186 Å². The Morgan fingerprint density at radius 1 is 0.333 bits per heavy atom. The fourth-order valence-corrected chi connectivity index (χ4v) is 5.79. The van der Waals surface area contributed by atoms with E-state index in [1.807, 2.05) is 0 Å². The number of hydrogen-bond donors (Lipinski definition) is 0. The first-order valence-corrected chi connectivity index (χ1v) is 17.3. The minimum atomic E-state index is 0.378. The fourth-order valence-electron chi connectivity index (χ4n) is 5.79. The lowest BCUT2D eigenvalue weighted by Crippen LogP contribution is -2.45. The Kier molecular flexibility index (Phi) is 27.9. The van der Waals surface area contributed by atoms with E-state index in [0.29, 0.717) is 5.54 Å². The van der Waals surface area contributed by atoms with Crippen molar-refractivity contribution in [1.29, 1.82) is 0 Å². The van der Waals surface area contributed by atoms with E-state index < -0.39 is 0 Å². The molecular formula is C35H73N. The molecule has 0 bridgehead atoms. The quantitative estimate of drug-likeness (QED) is 0.0873. The molecule has 0 spiro atoms. The molecule has 1 nitrogen and oxygen atoms in total. The Balaban J connectivity index is 4.12. The molecule has 1 heteroatoms. The van der Waals surface area contributed by atoms with Gasteiger partial charge in [-0.3, -0.25) is 4.90 Å². The first kappa shape index (κ1) is 36.0. The Morgan fingerprint density at radius 3 is 0.889 bits per heavy atom. The summed E-state index contributed by atoms with van der Waals surface area (Å²) in [5.74, 6) is 0. The molecule has 36 heavy (non-hydrogen) atoms. The molecule has 0 aromatic rings. The van der Waals surface area contributed by atoms with Gasteiger partial charge in [-0.05, 0) is 46.2 Å². The Morgan fingerprint density at radius 2 is 0.583 bits per heavy atom. The van der Waals surface area contributed by atoms with Gasteiger partial charge in [0.05, 0.1) is 0 Å². The van der Waals surface area contributed by atoms with Gasteiger partial charge in [-0.1, -0.05) is 175 Å². The SMILES string of the molecule is CCCCCCCCCCCCCCC(C)(C)N(CCCCCCCCC)CCCCCCCCC. The van der Waals surface area contributed by atoms with E-state index in [0.717, 1.165) is 0 Å². The van der Waals surface area contributed by atoms with Gasteiger partial charge in [0.25, 0.3) is 0 Å².